The predicted octanol–water partition coefficient (Wildman–Crippen LogP) is 1.18. The van der Waals surface area contributed by atoms with Gasteiger partial charge in [0.2, 0.25) is 5.91 Å². The molecule has 0 radical (unpaired) electrons. The highest BCUT2D eigenvalue weighted by Crippen LogP contribution is 2.35. The third-order valence-electron chi connectivity index (χ3n) is 3.75. The Morgan fingerprint density at radius 2 is 1.93 bits per heavy atom. The third-order valence-corrected chi connectivity index (χ3v) is 3.75. The van der Waals surface area contributed by atoms with E-state index >= 15 is 0 Å². The van der Waals surface area contributed by atoms with Gasteiger partial charge in [-0.1, -0.05) is 6.92 Å². The number of ether oxygens (including phenoxy) is 1. The van der Waals surface area contributed by atoms with E-state index in [0.717, 1.165) is 26.1 Å². The summed E-state index contributed by atoms with van der Waals surface area (Å²) >= 11 is 0. The van der Waals surface area contributed by atoms with Gasteiger partial charge in [0, 0.05) is 25.2 Å². The van der Waals surface area contributed by atoms with Gasteiger partial charge in [0.15, 0.2) is 0 Å². The number of hydrogen-bond acceptors (Lipinski definition) is 2. The van der Waals surface area contributed by atoms with Crippen LogP contribution in [-0.4, -0.2) is 25.2 Å². The molecule has 3 atom stereocenters. The Bertz CT molecular complexity index is 223. The molecule has 0 aromatic carbocycles. The Balaban J connectivity index is 2.04. The van der Waals surface area contributed by atoms with Crippen molar-refractivity contribution in [2.75, 3.05) is 13.2 Å². The molecule has 2 fully saturated rings. The second-order valence-electron chi connectivity index (χ2n) is 4.61. The molecular formula is C11H19NO2. The van der Waals surface area contributed by atoms with E-state index in [4.69, 9.17) is 4.74 Å². The van der Waals surface area contributed by atoms with Gasteiger partial charge >= 0.3 is 0 Å². The van der Waals surface area contributed by atoms with Crippen LogP contribution in [0, 0.1) is 17.8 Å². The summed E-state index contributed by atoms with van der Waals surface area (Å²) in [6, 6.07) is 0.348. The fraction of sp³-hybridized carbons (Fsp3) is 0.909. The molecule has 0 bridgehead atoms. The normalized spacial score (nSPS) is 39.9. The molecule has 3 nitrogen and oxygen atoms in total. The maximum atomic E-state index is 11.5. The van der Waals surface area contributed by atoms with Crippen LogP contribution in [-0.2, 0) is 9.53 Å². The van der Waals surface area contributed by atoms with Crippen LogP contribution in [0.15, 0.2) is 0 Å². The molecular weight excluding hydrogens is 178 g/mol. The smallest absolute Gasteiger partial charge is 0.223 e. The molecule has 2 aliphatic rings. The maximum Gasteiger partial charge on any atom is 0.223 e. The van der Waals surface area contributed by atoms with Gasteiger partial charge in [0.1, 0.15) is 0 Å². The fourth-order valence-electron chi connectivity index (χ4n) is 2.98. The van der Waals surface area contributed by atoms with E-state index in [9.17, 15) is 4.79 Å². The molecule has 80 valence electrons. The van der Waals surface area contributed by atoms with Crippen molar-refractivity contribution in [3.8, 4) is 0 Å². The zero-order valence-corrected chi connectivity index (χ0v) is 8.95. The second kappa shape index (κ2) is 3.89. The van der Waals surface area contributed by atoms with Crippen LogP contribution in [0.5, 0.6) is 0 Å². The van der Waals surface area contributed by atoms with Gasteiger partial charge in [-0.15, -0.1) is 0 Å². The van der Waals surface area contributed by atoms with Crippen LogP contribution in [0.2, 0.25) is 0 Å². The number of carbonyl (C=O) groups is 1. The lowest BCUT2D eigenvalue weighted by Gasteiger charge is -2.31. The molecule has 3 unspecified atom stereocenters. The minimum absolute atomic E-state index is 0.188. The van der Waals surface area contributed by atoms with Gasteiger partial charge in [-0.3, -0.25) is 4.79 Å². The summed E-state index contributed by atoms with van der Waals surface area (Å²) in [6.45, 7) is 5.92. The van der Waals surface area contributed by atoms with Crippen molar-refractivity contribution in [3.05, 3.63) is 0 Å². The molecule has 2 rings (SSSR count). The van der Waals surface area contributed by atoms with Crippen LogP contribution in [0.3, 0.4) is 0 Å². The van der Waals surface area contributed by atoms with Gasteiger partial charge in [0.25, 0.3) is 0 Å². The molecule has 0 aliphatic carbocycles. The zero-order chi connectivity index (χ0) is 10.1. The van der Waals surface area contributed by atoms with E-state index in [2.05, 4.69) is 19.2 Å². The highest BCUT2D eigenvalue weighted by molar-refractivity contribution is 5.81. The van der Waals surface area contributed by atoms with Crippen molar-refractivity contribution >= 4 is 5.91 Å². The molecule has 2 saturated heterocycles. The maximum absolute atomic E-state index is 11.5. The molecule has 0 saturated carbocycles. The van der Waals surface area contributed by atoms with Gasteiger partial charge in [-0.05, 0) is 31.6 Å². The van der Waals surface area contributed by atoms with Crippen LogP contribution < -0.4 is 5.32 Å². The number of amides is 1. The minimum atomic E-state index is 0.188. The van der Waals surface area contributed by atoms with Crippen molar-refractivity contribution in [1.29, 1.82) is 0 Å². The van der Waals surface area contributed by atoms with Gasteiger partial charge in [-0.25, -0.2) is 0 Å². The average molecular weight is 197 g/mol. The van der Waals surface area contributed by atoms with Gasteiger partial charge < -0.3 is 10.1 Å². The minimum Gasteiger partial charge on any atom is -0.381 e. The Hall–Kier alpha value is -0.570. The Morgan fingerprint density at radius 3 is 2.43 bits per heavy atom. The SMILES string of the molecule is CC1NC(=O)C(C)C1C1CCOCC1. The summed E-state index contributed by atoms with van der Waals surface area (Å²) in [5.41, 5.74) is 0. The summed E-state index contributed by atoms with van der Waals surface area (Å²) in [5, 5.41) is 3.03. The standard InChI is InChI=1S/C11H19NO2/c1-7-10(8(2)12-11(7)13)9-3-5-14-6-4-9/h7-10H,3-6H2,1-2H3,(H,12,13). The van der Waals surface area contributed by atoms with Crippen molar-refractivity contribution in [2.45, 2.75) is 32.7 Å². The van der Waals surface area contributed by atoms with Crippen LogP contribution in [0.25, 0.3) is 0 Å². The molecule has 2 heterocycles. The van der Waals surface area contributed by atoms with Crippen molar-refractivity contribution in [3.63, 3.8) is 0 Å². The molecule has 0 aromatic heterocycles. The molecule has 2 aliphatic heterocycles. The first-order valence-corrected chi connectivity index (χ1v) is 5.58. The molecule has 0 aromatic rings. The summed E-state index contributed by atoms with van der Waals surface area (Å²) in [6.07, 6.45) is 2.24. The average Bonchev–Trinajstić information content (AvgIpc) is 2.43. The Morgan fingerprint density at radius 1 is 1.29 bits per heavy atom. The number of rotatable bonds is 1. The van der Waals surface area contributed by atoms with Crippen LogP contribution >= 0.6 is 0 Å². The topological polar surface area (TPSA) is 38.3 Å². The summed E-state index contributed by atoms with van der Waals surface area (Å²) in [5.74, 6) is 1.61. The number of nitrogens with one attached hydrogen (secondary N) is 1. The van der Waals surface area contributed by atoms with Gasteiger partial charge in [-0.2, -0.15) is 0 Å². The lowest BCUT2D eigenvalue weighted by Crippen LogP contribution is -2.33. The lowest BCUT2D eigenvalue weighted by molar-refractivity contribution is -0.122. The quantitative estimate of drug-likeness (QED) is 0.685. The van der Waals surface area contributed by atoms with Crippen LogP contribution in [0.4, 0.5) is 0 Å². The van der Waals surface area contributed by atoms with E-state index in [0.29, 0.717) is 17.9 Å². The molecule has 14 heavy (non-hydrogen) atoms. The third kappa shape index (κ3) is 1.65. The first-order valence-electron chi connectivity index (χ1n) is 5.58. The summed E-state index contributed by atoms with van der Waals surface area (Å²) in [7, 11) is 0. The highest BCUT2D eigenvalue weighted by atomic mass is 16.5. The van der Waals surface area contributed by atoms with E-state index < -0.39 is 0 Å². The fourth-order valence-corrected chi connectivity index (χ4v) is 2.98. The summed E-state index contributed by atoms with van der Waals surface area (Å²) in [4.78, 5) is 11.5. The predicted molar refractivity (Wildman–Crippen MR) is 53.8 cm³/mol. The Kier molecular flexibility index (Phi) is 2.77. The van der Waals surface area contributed by atoms with E-state index in [1.165, 1.54) is 0 Å². The molecule has 3 heteroatoms. The van der Waals surface area contributed by atoms with Crippen molar-refractivity contribution < 1.29 is 9.53 Å². The van der Waals surface area contributed by atoms with Crippen molar-refractivity contribution in [1.82, 2.24) is 5.32 Å². The molecule has 0 spiro atoms. The largest absolute Gasteiger partial charge is 0.381 e. The van der Waals surface area contributed by atoms with Crippen molar-refractivity contribution in [2.24, 2.45) is 17.8 Å². The molecule has 1 N–H and O–H groups in total. The number of carbonyl (C=O) groups excluding carboxylic acids is 1. The second-order valence-corrected chi connectivity index (χ2v) is 4.61. The van der Waals surface area contributed by atoms with E-state index in [1.54, 1.807) is 0 Å². The van der Waals surface area contributed by atoms with E-state index in [-0.39, 0.29) is 11.8 Å². The lowest BCUT2D eigenvalue weighted by atomic mass is 9.77. The first-order chi connectivity index (χ1) is 6.70. The van der Waals surface area contributed by atoms with Crippen LogP contribution in [0.1, 0.15) is 26.7 Å². The van der Waals surface area contributed by atoms with E-state index in [1.807, 2.05) is 0 Å². The summed E-state index contributed by atoms with van der Waals surface area (Å²) < 4.78 is 5.35. The van der Waals surface area contributed by atoms with Gasteiger partial charge in [0.05, 0.1) is 0 Å². The zero-order valence-electron chi connectivity index (χ0n) is 8.95. The number of hydrogen-bond donors (Lipinski definition) is 1. The Labute approximate surface area is 85.2 Å². The monoisotopic (exact) mass is 197 g/mol. The highest BCUT2D eigenvalue weighted by Gasteiger charge is 2.41. The first kappa shape index (κ1) is 9.97. The molecule has 1 amide bonds.